The first-order valence-electron chi connectivity index (χ1n) is 10.6. The minimum Gasteiger partial charge on any atom is -0.393 e. The van der Waals surface area contributed by atoms with Crippen LogP contribution in [0.25, 0.3) is 0 Å². The normalized spacial score (nSPS) is 14.9. The predicted octanol–water partition coefficient (Wildman–Crippen LogP) is 2.61. The first-order valence-corrected chi connectivity index (χ1v) is 12.1. The van der Waals surface area contributed by atoms with Gasteiger partial charge in [0.2, 0.25) is 11.8 Å². The monoisotopic (exact) mass is 459 g/mol. The fourth-order valence-electron chi connectivity index (χ4n) is 3.31. The SMILES string of the molecule is CC(C)C(=O)Nc1ccc(S(=O)(=O)Nc2ccc(CC(=O)N3CCC(O)CC3)cc2)cc1. The molecule has 0 saturated carbocycles. The number of sulfonamides is 1. The fourth-order valence-corrected chi connectivity index (χ4v) is 4.37. The number of amides is 2. The summed E-state index contributed by atoms with van der Waals surface area (Å²) in [6, 6.07) is 12.6. The smallest absolute Gasteiger partial charge is 0.261 e. The third-order valence-corrected chi connectivity index (χ3v) is 6.73. The van der Waals surface area contributed by atoms with Crippen LogP contribution >= 0.6 is 0 Å². The van der Waals surface area contributed by atoms with E-state index in [-0.39, 0.29) is 35.2 Å². The summed E-state index contributed by atoms with van der Waals surface area (Å²) in [7, 11) is -3.79. The van der Waals surface area contributed by atoms with Crippen LogP contribution in [0.5, 0.6) is 0 Å². The zero-order valence-corrected chi connectivity index (χ0v) is 19.1. The number of anilines is 2. The maximum atomic E-state index is 12.7. The molecule has 3 rings (SSSR count). The standard InChI is InChI=1S/C23H29N3O5S/c1-16(2)23(29)24-18-7-9-21(10-8-18)32(30,31)25-19-5-3-17(4-6-19)15-22(28)26-13-11-20(27)12-14-26/h3-10,16,20,25,27H,11-15H2,1-2H3,(H,24,29). The number of aliphatic hydroxyl groups excluding tert-OH is 1. The molecule has 0 atom stereocenters. The van der Waals surface area contributed by atoms with Crippen molar-refractivity contribution < 1.29 is 23.1 Å². The van der Waals surface area contributed by atoms with E-state index < -0.39 is 10.0 Å². The Bertz CT molecular complexity index is 1040. The van der Waals surface area contributed by atoms with Crippen LogP contribution in [0.1, 0.15) is 32.3 Å². The molecule has 0 aliphatic carbocycles. The number of carbonyl (C=O) groups is 2. The lowest BCUT2D eigenvalue weighted by Gasteiger charge is -2.29. The number of nitrogens with zero attached hydrogens (tertiary/aromatic N) is 1. The molecular weight excluding hydrogens is 430 g/mol. The van der Waals surface area contributed by atoms with E-state index in [2.05, 4.69) is 10.0 Å². The molecule has 1 aliphatic heterocycles. The van der Waals surface area contributed by atoms with E-state index in [0.29, 0.717) is 37.3 Å². The highest BCUT2D eigenvalue weighted by atomic mass is 32.2. The fraction of sp³-hybridized carbons (Fsp3) is 0.391. The van der Waals surface area contributed by atoms with Crippen LogP contribution in [0.15, 0.2) is 53.4 Å². The summed E-state index contributed by atoms with van der Waals surface area (Å²) in [6.07, 6.45) is 1.09. The molecule has 2 aromatic carbocycles. The third-order valence-electron chi connectivity index (χ3n) is 5.34. The highest BCUT2D eigenvalue weighted by Gasteiger charge is 2.21. The molecule has 0 radical (unpaired) electrons. The number of rotatable bonds is 7. The molecule has 1 fully saturated rings. The summed E-state index contributed by atoms with van der Waals surface area (Å²) in [5, 5.41) is 12.3. The summed E-state index contributed by atoms with van der Waals surface area (Å²) < 4.78 is 27.8. The van der Waals surface area contributed by atoms with Crippen molar-refractivity contribution in [1.82, 2.24) is 4.90 Å². The zero-order chi connectivity index (χ0) is 23.3. The quantitative estimate of drug-likeness (QED) is 0.589. The molecule has 2 aromatic rings. The molecule has 0 aromatic heterocycles. The van der Waals surface area contributed by atoms with Crippen molar-refractivity contribution >= 4 is 33.2 Å². The summed E-state index contributed by atoms with van der Waals surface area (Å²) >= 11 is 0. The van der Waals surface area contributed by atoms with Gasteiger partial charge >= 0.3 is 0 Å². The molecule has 9 heteroatoms. The molecular formula is C23H29N3O5S. The van der Waals surface area contributed by atoms with Crippen LogP contribution in [0.4, 0.5) is 11.4 Å². The lowest BCUT2D eigenvalue weighted by atomic mass is 10.1. The van der Waals surface area contributed by atoms with Crippen molar-refractivity contribution in [2.75, 3.05) is 23.1 Å². The second kappa shape index (κ2) is 10.1. The lowest BCUT2D eigenvalue weighted by molar-refractivity contribution is -0.132. The Hall–Kier alpha value is -2.91. The molecule has 1 aliphatic rings. The van der Waals surface area contributed by atoms with Crippen molar-refractivity contribution in [3.63, 3.8) is 0 Å². The van der Waals surface area contributed by atoms with Gasteiger partial charge in [0.1, 0.15) is 0 Å². The van der Waals surface area contributed by atoms with Gasteiger partial charge in [-0.25, -0.2) is 8.42 Å². The van der Waals surface area contributed by atoms with Crippen LogP contribution in [-0.4, -0.2) is 49.4 Å². The van der Waals surface area contributed by atoms with Gasteiger partial charge in [-0.3, -0.25) is 14.3 Å². The minimum atomic E-state index is -3.79. The number of hydrogen-bond acceptors (Lipinski definition) is 5. The molecule has 1 saturated heterocycles. The predicted molar refractivity (Wildman–Crippen MR) is 123 cm³/mol. The maximum absolute atomic E-state index is 12.7. The minimum absolute atomic E-state index is 0.00474. The number of aliphatic hydroxyl groups is 1. The van der Waals surface area contributed by atoms with Crippen molar-refractivity contribution in [2.45, 2.75) is 44.1 Å². The maximum Gasteiger partial charge on any atom is 0.261 e. The Morgan fingerprint density at radius 1 is 1.00 bits per heavy atom. The zero-order valence-electron chi connectivity index (χ0n) is 18.2. The van der Waals surface area contributed by atoms with Gasteiger partial charge in [0.25, 0.3) is 10.0 Å². The van der Waals surface area contributed by atoms with Crippen LogP contribution in [0, 0.1) is 5.92 Å². The molecule has 3 N–H and O–H groups in total. The van der Waals surface area contributed by atoms with Gasteiger partial charge in [-0.2, -0.15) is 0 Å². The average Bonchev–Trinajstić information content (AvgIpc) is 2.75. The number of hydrogen-bond donors (Lipinski definition) is 3. The highest BCUT2D eigenvalue weighted by molar-refractivity contribution is 7.92. The van der Waals surface area contributed by atoms with Gasteiger partial charge in [0.15, 0.2) is 0 Å². The van der Waals surface area contributed by atoms with Gasteiger partial charge in [-0.1, -0.05) is 26.0 Å². The van der Waals surface area contributed by atoms with Crippen molar-refractivity contribution in [3.05, 3.63) is 54.1 Å². The first kappa shape index (κ1) is 23.7. The molecule has 0 spiro atoms. The molecule has 0 unspecified atom stereocenters. The average molecular weight is 460 g/mol. The Morgan fingerprint density at radius 2 is 1.56 bits per heavy atom. The topological polar surface area (TPSA) is 116 Å². The summed E-state index contributed by atoms with van der Waals surface area (Å²) in [6.45, 7) is 4.66. The summed E-state index contributed by atoms with van der Waals surface area (Å²) in [4.78, 5) is 26.0. The van der Waals surface area contributed by atoms with E-state index in [1.165, 1.54) is 12.1 Å². The van der Waals surface area contributed by atoms with Crippen molar-refractivity contribution in [2.24, 2.45) is 5.92 Å². The van der Waals surface area contributed by atoms with Crippen LogP contribution in [0.2, 0.25) is 0 Å². The van der Waals surface area contributed by atoms with Gasteiger partial charge in [-0.15, -0.1) is 0 Å². The first-order chi connectivity index (χ1) is 15.1. The van der Waals surface area contributed by atoms with Crippen LogP contribution in [-0.2, 0) is 26.0 Å². The van der Waals surface area contributed by atoms with Gasteiger partial charge in [-0.05, 0) is 54.8 Å². The van der Waals surface area contributed by atoms with E-state index >= 15 is 0 Å². The van der Waals surface area contributed by atoms with Gasteiger partial charge in [0, 0.05) is 30.4 Å². The molecule has 0 bridgehead atoms. The Labute approximate surface area is 188 Å². The molecule has 1 heterocycles. The van der Waals surface area contributed by atoms with E-state index in [1.54, 1.807) is 55.1 Å². The third kappa shape index (κ3) is 6.30. The number of benzene rings is 2. The molecule has 172 valence electrons. The van der Waals surface area contributed by atoms with Crippen molar-refractivity contribution in [3.8, 4) is 0 Å². The molecule has 8 nitrogen and oxygen atoms in total. The van der Waals surface area contributed by atoms with Gasteiger partial charge in [0.05, 0.1) is 17.4 Å². The Morgan fingerprint density at radius 3 is 2.12 bits per heavy atom. The second-order valence-electron chi connectivity index (χ2n) is 8.26. The van der Waals surface area contributed by atoms with E-state index in [9.17, 15) is 23.1 Å². The van der Waals surface area contributed by atoms with E-state index in [1.807, 2.05) is 0 Å². The second-order valence-corrected chi connectivity index (χ2v) is 9.94. The van der Waals surface area contributed by atoms with Gasteiger partial charge < -0.3 is 15.3 Å². The van der Waals surface area contributed by atoms with E-state index in [4.69, 9.17) is 0 Å². The highest BCUT2D eigenvalue weighted by Crippen LogP contribution is 2.20. The number of piperidine rings is 1. The number of nitrogens with one attached hydrogen (secondary N) is 2. The van der Waals surface area contributed by atoms with Crippen LogP contribution in [0.3, 0.4) is 0 Å². The Kier molecular flexibility index (Phi) is 7.52. The van der Waals surface area contributed by atoms with Crippen LogP contribution < -0.4 is 10.0 Å². The number of carbonyl (C=O) groups excluding carboxylic acids is 2. The lowest BCUT2D eigenvalue weighted by Crippen LogP contribution is -2.40. The summed E-state index contributed by atoms with van der Waals surface area (Å²) in [5.74, 6) is -0.323. The Balaban J connectivity index is 1.59. The number of likely N-dealkylation sites (tertiary alicyclic amines) is 1. The molecule has 2 amide bonds. The summed E-state index contributed by atoms with van der Waals surface area (Å²) in [5.41, 5.74) is 1.70. The molecule has 32 heavy (non-hydrogen) atoms. The van der Waals surface area contributed by atoms with E-state index in [0.717, 1.165) is 5.56 Å². The largest absolute Gasteiger partial charge is 0.393 e. The van der Waals surface area contributed by atoms with Crippen molar-refractivity contribution in [1.29, 1.82) is 0 Å².